The Kier molecular flexibility index (Phi) is 3.75. The zero-order chi connectivity index (χ0) is 14.8. The number of nitrogens with zero attached hydrogens (tertiary/aromatic N) is 3. The van der Waals surface area contributed by atoms with E-state index >= 15 is 0 Å². The molecule has 21 heavy (non-hydrogen) atoms. The molecule has 0 spiro atoms. The molecule has 5 heteroatoms. The summed E-state index contributed by atoms with van der Waals surface area (Å²) in [7, 11) is 0. The van der Waals surface area contributed by atoms with Crippen molar-refractivity contribution >= 4 is 39.1 Å². The maximum atomic E-state index is 9.84. The second-order valence-electron chi connectivity index (χ2n) is 4.61. The van der Waals surface area contributed by atoms with Crippen molar-refractivity contribution in [2.24, 2.45) is 4.99 Å². The standard InChI is InChI=1S/C16H14BrN3O/c1-2-20-14-6-4-3-5-13(14)19-16(20)18-10-11-9-12(17)7-8-15(11)21/h3-10,21H,2H2,1H3/b18-10+. The predicted octanol–water partition coefficient (Wildman–Crippen LogP) is 4.27. The van der Waals surface area contributed by atoms with Gasteiger partial charge in [0.15, 0.2) is 0 Å². The van der Waals surface area contributed by atoms with Crippen LogP contribution in [0, 0.1) is 0 Å². The van der Waals surface area contributed by atoms with Gasteiger partial charge in [-0.1, -0.05) is 28.1 Å². The van der Waals surface area contributed by atoms with E-state index in [-0.39, 0.29) is 5.75 Å². The van der Waals surface area contributed by atoms with E-state index in [4.69, 9.17) is 0 Å². The van der Waals surface area contributed by atoms with E-state index in [0.29, 0.717) is 11.5 Å². The predicted molar refractivity (Wildman–Crippen MR) is 88.5 cm³/mol. The van der Waals surface area contributed by atoms with Crippen molar-refractivity contribution in [2.75, 3.05) is 0 Å². The highest BCUT2D eigenvalue weighted by molar-refractivity contribution is 9.10. The molecule has 0 aliphatic heterocycles. The highest BCUT2D eigenvalue weighted by Gasteiger charge is 2.07. The lowest BCUT2D eigenvalue weighted by atomic mass is 10.2. The summed E-state index contributed by atoms with van der Waals surface area (Å²) in [6.07, 6.45) is 1.63. The van der Waals surface area contributed by atoms with Crippen molar-refractivity contribution in [3.63, 3.8) is 0 Å². The summed E-state index contributed by atoms with van der Waals surface area (Å²) < 4.78 is 2.94. The highest BCUT2D eigenvalue weighted by Crippen LogP contribution is 2.23. The van der Waals surface area contributed by atoms with Crippen molar-refractivity contribution in [2.45, 2.75) is 13.5 Å². The Morgan fingerprint density at radius 3 is 2.90 bits per heavy atom. The monoisotopic (exact) mass is 343 g/mol. The van der Waals surface area contributed by atoms with Crippen molar-refractivity contribution in [3.05, 3.63) is 52.5 Å². The van der Waals surface area contributed by atoms with Crippen LogP contribution >= 0.6 is 15.9 Å². The summed E-state index contributed by atoms with van der Waals surface area (Å²) in [6.45, 7) is 2.85. The average Bonchev–Trinajstić information content (AvgIpc) is 2.85. The molecule has 4 nitrogen and oxygen atoms in total. The second-order valence-corrected chi connectivity index (χ2v) is 5.52. The van der Waals surface area contributed by atoms with E-state index < -0.39 is 0 Å². The fourth-order valence-corrected chi connectivity index (χ4v) is 2.61. The van der Waals surface area contributed by atoms with Gasteiger partial charge in [0, 0.05) is 22.8 Å². The van der Waals surface area contributed by atoms with Crippen molar-refractivity contribution < 1.29 is 5.11 Å². The third kappa shape index (κ3) is 2.69. The number of rotatable bonds is 3. The SMILES string of the molecule is CCn1c(/N=C/c2cc(Br)ccc2O)nc2ccccc21. The molecule has 0 fully saturated rings. The van der Waals surface area contributed by atoms with Gasteiger partial charge in [-0.15, -0.1) is 0 Å². The van der Waals surface area contributed by atoms with Crippen LogP contribution < -0.4 is 0 Å². The van der Waals surface area contributed by atoms with Gasteiger partial charge >= 0.3 is 0 Å². The van der Waals surface area contributed by atoms with Gasteiger partial charge in [0.05, 0.1) is 11.0 Å². The summed E-state index contributed by atoms with van der Waals surface area (Å²) in [5.41, 5.74) is 2.63. The molecule has 0 aliphatic rings. The minimum Gasteiger partial charge on any atom is -0.507 e. The van der Waals surface area contributed by atoms with Gasteiger partial charge in [0.25, 0.3) is 0 Å². The number of phenols is 1. The summed E-state index contributed by atoms with van der Waals surface area (Å²) in [5.74, 6) is 0.833. The van der Waals surface area contributed by atoms with Crippen LogP contribution in [0.4, 0.5) is 5.95 Å². The minimum atomic E-state index is 0.195. The molecular formula is C16H14BrN3O. The zero-order valence-electron chi connectivity index (χ0n) is 11.5. The Morgan fingerprint density at radius 2 is 2.10 bits per heavy atom. The largest absolute Gasteiger partial charge is 0.507 e. The van der Waals surface area contributed by atoms with Crippen LogP contribution in [0.15, 0.2) is 51.9 Å². The first kappa shape index (κ1) is 13.8. The number of hydrogen-bond acceptors (Lipinski definition) is 3. The molecule has 0 radical (unpaired) electrons. The van der Waals surface area contributed by atoms with Crippen LogP contribution in [0.25, 0.3) is 11.0 Å². The van der Waals surface area contributed by atoms with Crippen LogP contribution in [0.5, 0.6) is 5.75 Å². The third-order valence-corrected chi connectivity index (χ3v) is 3.75. The zero-order valence-corrected chi connectivity index (χ0v) is 13.1. The number of fused-ring (bicyclic) bond motifs is 1. The van der Waals surface area contributed by atoms with Gasteiger partial charge in [-0.3, -0.25) is 0 Å². The van der Waals surface area contributed by atoms with Crippen molar-refractivity contribution in [3.8, 4) is 5.75 Å². The van der Waals surface area contributed by atoms with E-state index in [1.165, 1.54) is 0 Å². The van der Waals surface area contributed by atoms with Crippen molar-refractivity contribution in [1.29, 1.82) is 0 Å². The summed E-state index contributed by atoms with van der Waals surface area (Å²) in [4.78, 5) is 8.95. The maximum Gasteiger partial charge on any atom is 0.230 e. The topological polar surface area (TPSA) is 50.4 Å². The number of phenolic OH excluding ortho intramolecular Hbond substituents is 1. The number of benzene rings is 2. The maximum absolute atomic E-state index is 9.84. The number of aryl methyl sites for hydroxylation is 1. The normalized spacial score (nSPS) is 11.5. The first-order chi connectivity index (χ1) is 10.2. The molecule has 1 heterocycles. The molecule has 0 unspecified atom stereocenters. The number of hydrogen-bond donors (Lipinski definition) is 1. The van der Waals surface area contributed by atoms with E-state index in [1.807, 2.05) is 34.9 Å². The van der Waals surface area contributed by atoms with Crippen LogP contribution in [-0.4, -0.2) is 20.9 Å². The van der Waals surface area contributed by atoms with Crippen LogP contribution in [0.2, 0.25) is 0 Å². The lowest BCUT2D eigenvalue weighted by Gasteiger charge is -2.02. The molecule has 0 atom stereocenters. The van der Waals surface area contributed by atoms with Crippen LogP contribution in [-0.2, 0) is 6.54 Å². The Morgan fingerprint density at radius 1 is 1.29 bits per heavy atom. The molecule has 3 rings (SSSR count). The molecule has 3 aromatic rings. The number of aromatic hydroxyl groups is 1. The molecule has 1 N–H and O–H groups in total. The van der Waals surface area contributed by atoms with E-state index in [2.05, 4.69) is 32.8 Å². The Balaban J connectivity index is 2.05. The van der Waals surface area contributed by atoms with Crippen LogP contribution in [0.3, 0.4) is 0 Å². The minimum absolute atomic E-state index is 0.195. The molecular weight excluding hydrogens is 330 g/mol. The fourth-order valence-electron chi connectivity index (χ4n) is 2.23. The van der Waals surface area contributed by atoms with Gasteiger partial charge in [0.2, 0.25) is 5.95 Å². The third-order valence-electron chi connectivity index (χ3n) is 3.26. The molecule has 0 saturated heterocycles. The molecule has 0 saturated carbocycles. The Labute approximate surface area is 130 Å². The first-order valence-corrected chi connectivity index (χ1v) is 7.46. The Bertz CT molecular complexity index is 824. The second kappa shape index (κ2) is 5.69. The van der Waals surface area contributed by atoms with Crippen molar-refractivity contribution in [1.82, 2.24) is 9.55 Å². The highest BCUT2D eigenvalue weighted by atomic mass is 79.9. The number of imidazole rings is 1. The number of para-hydroxylation sites is 2. The quantitative estimate of drug-likeness (QED) is 0.721. The van der Waals surface area contributed by atoms with Gasteiger partial charge in [-0.25, -0.2) is 9.98 Å². The number of halogens is 1. The molecule has 1 aromatic heterocycles. The number of aromatic nitrogens is 2. The molecule has 106 valence electrons. The van der Waals surface area contributed by atoms with E-state index in [1.54, 1.807) is 18.3 Å². The number of aliphatic imine (C=N–C) groups is 1. The fraction of sp³-hybridized carbons (Fsp3) is 0.125. The van der Waals surface area contributed by atoms with Gasteiger partial charge in [0.1, 0.15) is 5.75 Å². The van der Waals surface area contributed by atoms with Gasteiger partial charge < -0.3 is 9.67 Å². The Hall–Kier alpha value is -2.14. The lowest BCUT2D eigenvalue weighted by molar-refractivity contribution is 0.474. The van der Waals surface area contributed by atoms with Crippen LogP contribution in [0.1, 0.15) is 12.5 Å². The average molecular weight is 344 g/mol. The molecule has 0 bridgehead atoms. The summed E-state index contributed by atoms with van der Waals surface area (Å²) >= 11 is 3.39. The summed E-state index contributed by atoms with van der Waals surface area (Å²) in [6, 6.07) is 13.2. The lowest BCUT2D eigenvalue weighted by Crippen LogP contribution is -1.93. The van der Waals surface area contributed by atoms with Gasteiger partial charge in [-0.2, -0.15) is 0 Å². The van der Waals surface area contributed by atoms with E-state index in [0.717, 1.165) is 22.1 Å². The molecule has 0 aliphatic carbocycles. The molecule has 2 aromatic carbocycles. The van der Waals surface area contributed by atoms with Gasteiger partial charge in [-0.05, 0) is 37.3 Å². The molecule has 0 amide bonds. The smallest absolute Gasteiger partial charge is 0.230 e. The van der Waals surface area contributed by atoms with E-state index in [9.17, 15) is 5.11 Å². The summed E-state index contributed by atoms with van der Waals surface area (Å²) in [5, 5.41) is 9.84. The first-order valence-electron chi connectivity index (χ1n) is 6.67.